The Bertz CT molecular complexity index is 911. The number of hydrogen-bond acceptors (Lipinski definition) is 4. The summed E-state index contributed by atoms with van der Waals surface area (Å²) in [6, 6.07) is 7.64. The van der Waals surface area contributed by atoms with Crippen LogP contribution >= 0.6 is 11.3 Å². The molecule has 1 saturated heterocycles. The van der Waals surface area contributed by atoms with Crippen LogP contribution in [-0.2, 0) is 17.6 Å². The number of rotatable bonds is 5. The second-order valence-electron chi connectivity index (χ2n) is 8.27. The predicted octanol–water partition coefficient (Wildman–Crippen LogP) is 4.40. The third kappa shape index (κ3) is 4.33. The molecule has 0 saturated carbocycles. The smallest absolute Gasteiger partial charge is 0.253 e. The SMILES string of the molecule is C=CCN(C(=O)C1CCCN(C(=O)c2ccc(C)cc2)C1)c1nc2c(s1)CCCC2. The lowest BCUT2D eigenvalue weighted by Gasteiger charge is -2.34. The number of thiazole rings is 1. The Kier molecular flexibility index (Phi) is 6.32. The van der Waals surface area contributed by atoms with Crippen LogP contribution in [0.4, 0.5) is 5.13 Å². The molecule has 0 radical (unpaired) electrons. The molecule has 0 bridgehead atoms. The summed E-state index contributed by atoms with van der Waals surface area (Å²) >= 11 is 1.65. The lowest BCUT2D eigenvalue weighted by molar-refractivity contribution is -0.123. The standard InChI is InChI=1S/C24H29N3O2S/c1-3-14-27(24-25-20-8-4-5-9-21(20)30-24)23(29)19-7-6-15-26(16-19)22(28)18-12-10-17(2)11-13-18/h3,10-13,19H,1,4-9,14-16H2,2H3. The van der Waals surface area contributed by atoms with Gasteiger partial charge in [-0.1, -0.05) is 23.8 Å². The van der Waals surface area contributed by atoms with Crippen molar-refractivity contribution in [3.8, 4) is 0 Å². The average molecular weight is 424 g/mol. The van der Waals surface area contributed by atoms with Gasteiger partial charge in [0, 0.05) is 30.1 Å². The van der Waals surface area contributed by atoms with Crippen molar-refractivity contribution in [3.63, 3.8) is 0 Å². The number of benzene rings is 1. The Morgan fingerprint density at radius 2 is 2.00 bits per heavy atom. The first-order chi connectivity index (χ1) is 14.6. The van der Waals surface area contributed by atoms with E-state index in [-0.39, 0.29) is 17.7 Å². The van der Waals surface area contributed by atoms with Crippen LogP contribution < -0.4 is 4.90 Å². The van der Waals surface area contributed by atoms with Crippen molar-refractivity contribution in [1.82, 2.24) is 9.88 Å². The quantitative estimate of drug-likeness (QED) is 0.670. The molecule has 30 heavy (non-hydrogen) atoms. The summed E-state index contributed by atoms with van der Waals surface area (Å²) in [5.74, 6) is -0.135. The van der Waals surface area contributed by atoms with Crippen LogP contribution in [0, 0.1) is 12.8 Å². The van der Waals surface area contributed by atoms with E-state index in [1.807, 2.05) is 36.1 Å². The Morgan fingerprint density at radius 1 is 1.23 bits per heavy atom. The van der Waals surface area contributed by atoms with Gasteiger partial charge in [0.25, 0.3) is 5.91 Å². The van der Waals surface area contributed by atoms with Crippen LogP contribution in [0.2, 0.25) is 0 Å². The lowest BCUT2D eigenvalue weighted by Crippen LogP contribution is -2.47. The van der Waals surface area contributed by atoms with Crippen molar-refractivity contribution in [3.05, 3.63) is 58.6 Å². The number of likely N-dealkylation sites (tertiary alicyclic amines) is 1. The summed E-state index contributed by atoms with van der Waals surface area (Å²) < 4.78 is 0. The van der Waals surface area contributed by atoms with E-state index < -0.39 is 0 Å². The topological polar surface area (TPSA) is 53.5 Å². The molecule has 0 spiro atoms. The van der Waals surface area contributed by atoms with Crippen molar-refractivity contribution in [2.75, 3.05) is 24.5 Å². The van der Waals surface area contributed by atoms with Gasteiger partial charge in [-0.15, -0.1) is 17.9 Å². The summed E-state index contributed by atoms with van der Waals surface area (Å²) in [4.78, 5) is 36.1. The average Bonchev–Trinajstić information content (AvgIpc) is 3.21. The molecule has 2 aliphatic rings. The molecular weight excluding hydrogens is 394 g/mol. The maximum Gasteiger partial charge on any atom is 0.253 e. The first kappa shape index (κ1) is 20.8. The van der Waals surface area contributed by atoms with Crippen LogP contribution in [-0.4, -0.2) is 41.3 Å². The van der Waals surface area contributed by atoms with Crippen LogP contribution in [0.5, 0.6) is 0 Å². The third-order valence-corrected chi connectivity index (χ3v) is 7.18. The van der Waals surface area contributed by atoms with Crippen molar-refractivity contribution < 1.29 is 9.59 Å². The van der Waals surface area contributed by atoms with E-state index in [0.717, 1.165) is 42.1 Å². The molecule has 1 aliphatic heterocycles. The highest BCUT2D eigenvalue weighted by molar-refractivity contribution is 7.16. The fraction of sp³-hybridized carbons (Fsp3) is 0.458. The Labute approximate surface area is 182 Å². The van der Waals surface area contributed by atoms with Crippen LogP contribution in [0.15, 0.2) is 36.9 Å². The first-order valence-corrected chi connectivity index (χ1v) is 11.6. The maximum absolute atomic E-state index is 13.5. The summed E-state index contributed by atoms with van der Waals surface area (Å²) in [5, 5.41) is 0.786. The molecule has 158 valence electrons. The fourth-order valence-corrected chi connectivity index (χ4v) is 5.47. The molecule has 1 aromatic carbocycles. The number of nitrogens with zero attached hydrogens (tertiary/aromatic N) is 3. The fourth-order valence-electron chi connectivity index (χ4n) is 4.31. The summed E-state index contributed by atoms with van der Waals surface area (Å²) in [5.41, 5.74) is 2.97. The molecule has 2 heterocycles. The third-order valence-electron chi connectivity index (χ3n) is 6.00. The van der Waals surface area contributed by atoms with Gasteiger partial charge in [-0.2, -0.15) is 0 Å². The van der Waals surface area contributed by atoms with E-state index in [2.05, 4.69) is 6.58 Å². The van der Waals surface area contributed by atoms with E-state index >= 15 is 0 Å². The highest BCUT2D eigenvalue weighted by Gasteiger charge is 2.33. The molecule has 5 nitrogen and oxygen atoms in total. The normalized spacial score (nSPS) is 18.6. The molecule has 1 aromatic heterocycles. The zero-order valence-corrected chi connectivity index (χ0v) is 18.4. The number of aryl methyl sites for hydroxylation is 3. The molecule has 1 fully saturated rings. The largest absolute Gasteiger partial charge is 0.338 e. The molecular formula is C24H29N3O2S. The van der Waals surface area contributed by atoms with E-state index in [9.17, 15) is 9.59 Å². The number of carbonyl (C=O) groups excluding carboxylic acids is 2. The lowest BCUT2D eigenvalue weighted by atomic mass is 9.95. The molecule has 1 unspecified atom stereocenters. The van der Waals surface area contributed by atoms with Gasteiger partial charge in [0.2, 0.25) is 5.91 Å². The second-order valence-corrected chi connectivity index (χ2v) is 9.33. The van der Waals surface area contributed by atoms with Gasteiger partial charge in [0.05, 0.1) is 11.6 Å². The van der Waals surface area contributed by atoms with Crippen LogP contribution in [0.3, 0.4) is 0 Å². The van der Waals surface area contributed by atoms with Gasteiger partial charge >= 0.3 is 0 Å². The highest BCUT2D eigenvalue weighted by atomic mass is 32.1. The van der Waals surface area contributed by atoms with Gasteiger partial charge in [-0.25, -0.2) is 4.98 Å². The minimum absolute atomic E-state index is 0.00693. The minimum atomic E-state index is -0.200. The van der Waals surface area contributed by atoms with Crippen molar-refractivity contribution in [2.24, 2.45) is 5.92 Å². The number of piperidine rings is 1. The number of hydrogen-bond donors (Lipinski definition) is 0. The molecule has 4 rings (SSSR count). The number of fused-ring (bicyclic) bond motifs is 1. The number of anilines is 1. The highest BCUT2D eigenvalue weighted by Crippen LogP contribution is 2.33. The van der Waals surface area contributed by atoms with E-state index in [1.165, 1.54) is 17.7 Å². The number of carbonyl (C=O) groups is 2. The number of amides is 2. The monoisotopic (exact) mass is 423 g/mol. The molecule has 2 aromatic rings. The Hall–Kier alpha value is -2.47. The second kappa shape index (κ2) is 9.13. The van der Waals surface area contributed by atoms with Gasteiger partial charge in [-0.3, -0.25) is 14.5 Å². The van der Waals surface area contributed by atoms with Crippen molar-refractivity contribution in [2.45, 2.75) is 45.4 Å². The number of aromatic nitrogens is 1. The first-order valence-electron chi connectivity index (χ1n) is 10.8. The summed E-state index contributed by atoms with van der Waals surface area (Å²) in [6.45, 7) is 7.46. The zero-order valence-electron chi connectivity index (χ0n) is 17.6. The maximum atomic E-state index is 13.5. The van der Waals surface area contributed by atoms with Crippen LogP contribution in [0.25, 0.3) is 0 Å². The minimum Gasteiger partial charge on any atom is -0.338 e. The Morgan fingerprint density at radius 3 is 2.73 bits per heavy atom. The van der Waals surface area contributed by atoms with E-state index in [4.69, 9.17) is 4.98 Å². The van der Waals surface area contributed by atoms with E-state index in [1.54, 1.807) is 22.3 Å². The molecule has 0 N–H and O–H groups in total. The van der Waals surface area contributed by atoms with Gasteiger partial charge in [-0.05, 0) is 57.6 Å². The molecule has 2 amide bonds. The van der Waals surface area contributed by atoms with Crippen molar-refractivity contribution in [1.29, 1.82) is 0 Å². The van der Waals surface area contributed by atoms with E-state index in [0.29, 0.717) is 25.2 Å². The van der Waals surface area contributed by atoms with Crippen LogP contribution in [0.1, 0.15) is 52.2 Å². The van der Waals surface area contributed by atoms with Gasteiger partial charge in [0.15, 0.2) is 5.13 Å². The van der Waals surface area contributed by atoms with Gasteiger partial charge < -0.3 is 4.90 Å². The summed E-state index contributed by atoms with van der Waals surface area (Å²) in [6.07, 6.45) is 7.83. The Balaban J connectivity index is 1.50. The molecule has 1 atom stereocenters. The molecule has 1 aliphatic carbocycles. The van der Waals surface area contributed by atoms with Gasteiger partial charge in [0.1, 0.15) is 0 Å². The summed E-state index contributed by atoms with van der Waals surface area (Å²) in [7, 11) is 0. The van der Waals surface area contributed by atoms with Crippen molar-refractivity contribution >= 4 is 28.3 Å². The predicted molar refractivity (Wildman–Crippen MR) is 121 cm³/mol. The zero-order chi connectivity index (χ0) is 21.1. The molecule has 6 heteroatoms.